The van der Waals surface area contributed by atoms with Crippen LogP contribution >= 0.6 is 11.6 Å². The summed E-state index contributed by atoms with van der Waals surface area (Å²) in [5.41, 5.74) is 3.92. The average molecular weight is 296 g/mol. The first-order chi connectivity index (χ1) is 9.65. The molecule has 2 aromatic rings. The van der Waals surface area contributed by atoms with Gasteiger partial charge >= 0.3 is 0 Å². The topological polar surface area (TPSA) is 60.2 Å². The lowest BCUT2D eigenvalue weighted by Gasteiger charge is -2.18. The van der Waals surface area contributed by atoms with Crippen LogP contribution in [0.3, 0.4) is 0 Å². The minimum Gasteiger partial charge on any atom is -0.497 e. The summed E-state index contributed by atoms with van der Waals surface area (Å²) in [6.07, 6.45) is 3.65. The van der Waals surface area contributed by atoms with Gasteiger partial charge in [-0.15, -0.1) is 0 Å². The maximum atomic E-state index is 14.1. The third-order valence-corrected chi connectivity index (χ3v) is 3.41. The summed E-state index contributed by atoms with van der Waals surface area (Å²) in [4.78, 5) is 3.92. The fourth-order valence-electron chi connectivity index (χ4n) is 1.97. The molecule has 20 heavy (non-hydrogen) atoms. The lowest BCUT2D eigenvalue weighted by molar-refractivity contribution is 0.409. The summed E-state index contributed by atoms with van der Waals surface area (Å²) in [7, 11) is 1.49. The van der Waals surface area contributed by atoms with Gasteiger partial charge in [0, 0.05) is 24.0 Å². The number of pyridine rings is 1. The number of nitrogens with two attached hydrogens (primary N) is 1. The monoisotopic (exact) mass is 295 g/mol. The number of benzene rings is 1. The van der Waals surface area contributed by atoms with Crippen molar-refractivity contribution in [3.8, 4) is 5.75 Å². The second-order valence-electron chi connectivity index (χ2n) is 4.28. The number of aromatic nitrogens is 1. The van der Waals surface area contributed by atoms with Crippen LogP contribution in [0, 0.1) is 5.82 Å². The Hall–Kier alpha value is -1.69. The Morgan fingerprint density at radius 3 is 2.85 bits per heavy atom. The van der Waals surface area contributed by atoms with Crippen LogP contribution in [0.15, 0.2) is 36.7 Å². The first-order valence-electron chi connectivity index (χ1n) is 6.03. The van der Waals surface area contributed by atoms with E-state index in [9.17, 15) is 4.39 Å². The number of hydrogen-bond acceptors (Lipinski definition) is 4. The fourth-order valence-corrected chi connectivity index (χ4v) is 2.16. The molecule has 1 atom stereocenters. The van der Waals surface area contributed by atoms with Crippen molar-refractivity contribution < 1.29 is 9.13 Å². The molecule has 1 heterocycles. The summed E-state index contributed by atoms with van der Waals surface area (Å²) in [6, 6.07) is 6.06. The molecule has 0 bridgehead atoms. The van der Waals surface area contributed by atoms with Gasteiger partial charge in [-0.2, -0.15) is 0 Å². The van der Waals surface area contributed by atoms with Crippen LogP contribution in [0.1, 0.15) is 17.2 Å². The van der Waals surface area contributed by atoms with Crippen LogP contribution < -0.4 is 16.0 Å². The molecular weight excluding hydrogens is 281 g/mol. The highest BCUT2D eigenvalue weighted by Crippen LogP contribution is 2.26. The minimum atomic E-state index is -0.388. The molecule has 1 aromatic carbocycles. The molecule has 2 rings (SSSR count). The number of hydrazine groups is 1. The molecule has 6 heteroatoms. The van der Waals surface area contributed by atoms with Gasteiger partial charge in [0.25, 0.3) is 0 Å². The summed E-state index contributed by atoms with van der Waals surface area (Å²) in [6.45, 7) is 0. The van der Waals surface area contributed by atoms with E-state index in [2.05, 4.69) is 10.4 Å². The van der Waals surface area contributed by atoms with Gasteiger partial charge in [0.1, 0.15) is 11.6 Å². The zero-order chi connectivity index (χ0) is 14.5. The Morgan fingerprint density at radius 1 is 1.45 bits per heavy atom. The molecule has 0 aliphatic heterocycles. The van der Waals surface area contributed by atoms with Crippen molar-refractivity contribution in [2.45, 2.75) is 12.5 Å². The Morgan fingerprint density at radius 2 is 2.25 bits per heavy atom. The zero-order valence-corrected chi connectivity index (χ0v) is 11.7. The van der Waals surface area contributed by atoms with E-state index < -0.39 is 0 Å². The molecule has 3 N–H and O–H groups in total. The van der Waals surface area contributed by atoms with Crippen LogP contribution in [0.5, 0.6) is 5.75 Å². The largest absolute Gasteiger partial charge is 0.497 e. The highest BCUT2D eigenvalue weighted by molar-refractivity contribution is 6.31. The second-order valence-corrected chi connectivity index (χ2v) is 4.69. The number of rotatable bonds is 5. The van der Waals surface area contributed by atoms with Crippen molar-refractivity contribution in [3.05, 3.63) is 58.6 Å². The maximum absolute atomic E-state index is 14.1. The van der Waals surface area contributed by atoms with E-state index in [4.69, 9.17) is 22.2 Å². The van der Waals surface area contributed by atoms with Crippen molar-refractivity contribution >= 4 is 11.6 Å². The lowest BCUT2D eigenvalue weighted by Crippen LogP contribution is -2.30. The number of nitrogens with zero attached hydrogens (tertiary/aromatic N) is 1. The SMILES string of the molecule is COc1ccc(C(Cc2ccncc2Cl)NN)c(F)c1. The van der Waals surface area contributed by atoms with Gasteiger partial charge in [0.05, 0.1) is 18.2 Å². The molecule has 0 aliphatic rings. The molecule has 0 amide bonds. The fraction of sp³-hybridized carbons (Fsp3) is 0.214. The maximum Gasteiger partial charge on any atom is 0.131 e. The third kappa shape index (κ3) is 3.25. The van der Waals surface area contributed by atoms with Crippen molar-refractivity contribution in [2.75, 3.05) is 7.11 Å². The molecule has 0 saturated carbocycles. The van der Waals surface area contributed by atoms with Crippen LogP contribution in [-0.2, 0) is 6.42 Å². The van der Waals surface area contributed by atoms with Gasteiger partial charge < -0.3 is 4.74 Å². The number of halogens is 2. The number of nitrogens with one attached hydrogen (secondary N) is 1. The normalized spacial score (nSPS) is 12.2. The molecule has 0 spiro atoms. The van der Waals surface area contributed by atoms with E-state index in [1.165, 1.54) is 13.2 Å². The Kier molecular flexibility index (Phi) is 4.89. The highest BCUT2D eigenvalue weighted by atomic mass is 35.5. The van der Waals surface area contributed by atoms with Gasteiger partial charge in [-0.05, 0) is 24.1 Å². The predicted octanol–water partition coefficient (Wildman–Crippen LogP) is 2.63. The van der Waals surface area contributed by atoms with Crippen LogP contribution in [-0.4, -0.2) is 12.1 Å². The molecule has 1 unspecified atom stereocenters. The highest BCUT2D eigenvalue weighted by Gasteiger charge is 2.17. The van der Waals surface area contributed by atoms with Crippen LogP contribution in [0.2, 0.25) is 5.02 Å². The Labute approximate surface area is 121 Å². The van der Waals surface area contributed by atoms with Crippen molar-refractivity contribution in [1.29, 1.82) is 0 Å². The molecule has 0 radical (unpaired) electrons. The Balaban J connectivity index is 2.27. The number of hydrogen-bond donors (Lipinski definition) is 2. The van der Waals surface area contributed by atoms with Crippen molar-refractivity contribution in [3.63, 3.8) is 0 Å². The quantitative estimate of drug-likeness (QED) is 0.657. The zero-order valence-electron chi connectivity index (χ0n) is 10.9. The first-order valence-corrected chi connectivity index (χ1v) is 6.41. The van der Waals surface area contributed by atoms with E-state index in [1.54, 1.807) is 30.6 Å². The molecule has 0 aliphatic carbocycles. The van der Waals surface area contributed by atoms with Gasteiger partial charge in [-0.1, -0.05) is 17.7 Å². The van der Waals surface area contributed by atoms with Crippen LogP contribution in [0.25, 0.3) is 0 Å². The lowest BCUT2D eigenvalue weighted by atomic mass is 9.99. The van der Waals surface area contributed by atoms with E-state index in [-0.39, 0.29) is 11.9 Å². The molecule has 106 valence electrons. The summed E-state index contributed by atoms with van der Waals surface area (Å²) >= 11 is 6.06. The van der Waals surface area contributed by atoms with Crippen molar-refractivity contribution in [1.82, 2.24) is 10.4 Å². The smallest absolute Gasteiger partial charge is 0.131 e. The second kappa shape index (κ2) is 6.65. The molecular formula is C14H15ClFN3O. The predicted molar refractivity (Wildman–Crippen MR) is 76.0 cm³/mol. The average Bonchev–Trinajstić information content (AvgIpc) is 2.47. The van der Waals surface area contributed by atoms with Gasteiger partial charge in [-0.25, -0.2) is 4.39 Å². The van der Waals surface area contributed by atoms with E-state index >= 15 is 0 Å². The first kappa shape index (κ1) is 14.7. The van der Waals surface area contributed by atoms with Gasteiger partial charge in [-0.3, -0.25) is 16.3 Å². The third-order valence-electron chi connectivity index (χ3n) is 3.06. The number of methoxy groups -OCH3 is 1. The van der Waals surface area contributed by atoms with Crippen LogP contribution in [0.4, 0.5) is 4.39 Å². The molecule has 0 saturated heterocycles. The summed E-state index contributed by atoms with van der Waals surface area (Å²) in [5, 5.41) is 0.529. The van der Waals surface area contributed by atoms with Gasteiger partial charge in [0.2, 0.25) is 0 Å². The van der Waals surface area contributed by atoms with E-state index in [1.807, 2.05) is 0 Å². The summed E-state index contributed by atoms with van der Waals surface area (Å²) in [5.74, 6) is 5.62. The minimum absolute atomic E-state index is 0.377. The van der Waals surface area contributed by atoms with Crippen molar-refractivity contribution in [2.24, 2.45) is 5.84 Å². The van der Waals surface area contributed by atoms with E-state index in [0.717, 1.165) is 5.56 Å². The van der Waals surface area contributed by atoms with Gasteiger partial charge in [0.15, 0.2) is 0 Å². The Bertz CT molecular complexity index is 594. The molecule has 1 aromatic heterocycles. The standard InChI is InChI=1S/C14H15ClFN3O/c1-20-10-2-3-11(13(16)7-10)14(19-17)6-9-4-5-18-8-12(9)15/h2-5,7-8,14,19H,6,17H2,1H3. The van der Waals surface area contributed by atoms with E-state index in [0.29, 0.717) is 22.8 Å². The number of ether oxygens (including phenoxy) is 1. The molecule has 4 nitrogen and oxygen atoms in total. The summed E-state index contributed by atoms with van der Waals surface area (Å²) < 4.78 is 19.0. The molecule has 0 fully saturated rings.